The first-order valence-corrected chi connectivity index (χ1v) is 9.66. The molecule has 136 valence electrons. The van der Waals surface area contributed by atoms with Crippen molar-refractivity contribution < 1.29 is 19.4 Å². The standard InChI is InChI=1S/C19H18ClNO4S/c20-15-3-1-2-12(8-15)10-26-11-17(22)21-18(19(23)24)14-4-5-16-13(9-14)6-7-25-16/h1-5,8-9,18H,6-7,10-11H2,(H,21,22)(H,23,24). The molecule has 0 aromatic heterocycles. The number of carboxylic acids is 1. The number of nitrogens with one attached hydrogen (secondary N) is 1. The number of thioether (sulfide) groups is 1. The number of aliphatic carboxylic acids is 1. The van der Waals surface area contributed by atoms with Gasteiger partial charge in [-0.2, -0.15) is 0 Å². The van der Waals surface area contributed by atoms with Crippen molar-refractivity contribution in [3.8, 4) is 5.75 Å². The molecule has 1 aliphatic heterocycles. The second-order valence-corrected chi connectivity index (χ2v) is 7.35. The second-order valence-electron chi connectivity index (χ2n) is 5.93. The molecule has 0 saturated heterocycles. The van der Waals surface area contributed by atoms with Crippen LogP contribution in [0.5, 0.6) is 5.75 Å². The van der Waals surface area contributed by atoms with E-state index in [0.29, 0.717) is 22.9 Å². The number of fused-ring (bicyclic) bond motifs is 1. The van der Waals surface area contributed by atoms with Gasteiger partial charge in [0.1, 0.15) is 5.75 Å². The highest BCUT2D eigenvalue weighted by molar-refractivity contribution is 7.99. The Bertz CT molecular complexity index is 827. The fourth-order valence-electron chi connectivity index (χ4n) is 2.76. The van der Waals surface area contributed by atoms with Crippen molar-refractivity contribution in [2.24, 2.45) is 0 Å². The van der Waals surface area contributed by atoms with Crippen molar-refractivity contribution in [1.82, 2.24) is 5.32 Å². The Labute approximate surface area is 160 Å². The van der Waals surface area contributed by atoms with Gasteiger partial charge in [-0.25, -0.2) is 4.79 Å². The molecule has 1 unspecified atom stereocenters. The number of hydrogen-bond donors (Lipinski definition) is 2. The van der Waals surface area contributed by atoms with E-state index in [2.05, 4.69) is 5.32 Å². The summed E-state index contributed by atoms with van der Waals surface area (Å²) in [6.45, 7) is 0.600. The minimum atomic E-state index is -1.09. The topological polar surface area (TPSA) is 75.6 Å². The first-order chi connectivity index (χ1) is 12.5. The Balaban J connectivity index is 1.57. The molecule has 1 aliphatic rings. The predicted molar refractivity (Wildman–Crippen MR) is 102 cm³/mol. The molecule has 26 heavy (non-hydrogen) atoms. The number of hydrogen-bond acceptors (Lipinski definition) is 4. The zero-order valence-corrected chi connectivity index (χ0v) is 15.5. The van der Waals surface area contributed by atoms with Gasteiger partial charge in [-0.3, -0.25) is 4.79 Å². The Hall–Kier alpha value is -2.18. The maximum absolute atomic E-state index is 12.2. The molecule has 0 spiro atoms. The Morgan fingerprint density at radius 3 is 2.88 bits per heavy atom. The van der Waals surface area contributed by atoms with E-state index in [-0.39, 0.29) is 11.7 Å². The van der Waals surface area contributed by atoms with E-state index in [1.54, 1.807) is 24.3 Å². The van der Waals surface area contributed by atoms with Crippen LogP contribution in [0.15, 0.2) is 42.5 Å². The molecule has 7 heteroatoms. The lowest BCUT2D eigenvalue weighted by atomic mass is 10.0. The van der Waals surface area contributed by atoms with Gasteiger partial charge >= 0.3 is 5.97 Å². The molecular weight excluding hydrogens is 374 g/mol. The average Bonchev–Trinajstić information content (AvgIpc) is 3.07. The summed E-state index contributed by atoms with van der Waals surface area (Å²) in [6.07, 6.45) is 0.749. The number of ether oxygens (including phenoxy) is 1. The number of rotatable bonds is 7. The average molecular weight is 392 g/mol. The normalized spacial score (nSPS) is 13.6. The number of carbonyl (C=O) groups excluding carboxylic acids is 1. The summed E-state index contributed by atoms with van der Waals surface area (Å²) in [5, 5.41) is 12.7. The maximum Gasteiger partial charge on any atom is 0.330 e. The van der Waals surface area contributed by atoms with E-state index in [4.69, 9.17) is 16.3 Å². The number of benzene rings is 2. The van der Waals surface area contributed by atoms with Gasteiger partial charge in [0.05, 0.1) is 12.4 Å². The monoisotopic (exact) mass is 391 g/mol. The van der Waals surface area contributed by atoms with Crippen LogP contribution in [0.25, 0.3) is 0 Å². The van der Waals surface area contributed by atoms with Gasteiger partial charge in [-0.15, -0.1) is 11.8 Å². The number of carboxylic acid groups (broad SMARTS) is 1. The number of halogens is 1. The fourth-order valence-corrected chi connectivity index (χ4v) is 3.76. The minimum absolute atomic E-state index is 0.171. The molecular formula is C19H18ClNO4S. The van der Waals surface area contributed by atoms with Gasteiger partial charge in [0, 0.05) is 17.2 Å². The third-order valence-corrected chi connectivity index (χ3v) is 5.23. The molecule has 1 heterocycles. The summed E-state index contributed by atoms with van der Waals surface area (Å²) < 4.78 is 5.43. The highest BCUT2D eigenvalue weighted by Crippen LogP contribution is 2.28. The number of carbonyl (C=O) groups is 2. The van der Waals surface area contributed by atoms with E-state index in [9.17, 15) is 14.7 Å². The molecule has 2 N–H and O–H groups in total. The molecule has 0 radical (unpaired) electrons. The lowest BCUT2D eigenvalue weighted by molar-refractivity contribution is -0.141. The molecule has 2 aromatic rings. The van der Waals surface area contributed by atoms with Crippen molar-refractivity contribution in [1.29, 1.82) is 0 Å². The Morgan fingerprint density at radius 1 is 1.27 bits per heavy atom. The maximum atomic E-state index is 12.2. The van der Waals surface area contributed by atoms with Crippen LogP contribution in [0.4, 0.5) is 0 Å². The van der Waals surface area contributed by atoms with E-state index in [1.165, 1.54) is 11.8 Å². The van der Waals surface area contributed by atoms with Crippen LogP contribution in [0, 0.1) is 0 Å². The number of amides is 1. The van der Waals surface area contributed by atoms with Crippen molar-refractivity contribution in [3.05, 3.63) is 64.2 Å². The van der Waals surface area contributed by atoms with Crippen LogP contribution in [0.3, 0.4) is 0 Å². The van der Waals surface area contributed by atoms with Crippen molar-refractivity contribution in [2.75, 3.05) is 12.4 Å². The van der Waals surface area contributed by atoms with Crippen LogP contribution >= 0.6 is 23.4 Å². The Kier molecular flexibility index (Phi) is 6.06. The van der Waals surface area contributed by atoms with Crippen molar-refractivity contribution in [3.63, 3.8) is 0 Å². The molecule has 3 rings (SSSR count). The van der Waals surface area contributed by atoms with E-state index in [0.717, 1.165) is 23.3 Å². The van der Waals surface area contributed by atoms with Gasteiger partial charge < -0.3 is 15.2 Å². The summed E-state index contributed by atoms with van der Waals surface area (Å²) in [7, 11) is 0. The molecule has 2 aromatic carbocycles. The first kappa shape index (κ1) is 18.6. The Morgan fingerprint density at radius 2 is 2.12 bits per heavy atom. The van der Waals surface area contributed by atoms with Crippen molar-refractivity contribution in [2.45, 2.75) is 18.2 Å². The summed E-state index contributed by atoms with van der Waals surface area (Å²) >= 11 is 7.34. The quantitative estimate of drug-likeness (QED) is 0.756. The minimum Gasteiger partial charge on any atom is -0.493 e. The van der Waals surface area contributed by atoms with Gasteiger partial charge in [-0.1, -0.05) is 29.8 Å². The van der Waals surface area contributed by atoms with Crippen molar-refractivity contribution >= 4 is 35.2 Å². The summed E-state index contributed by atoms with van der Waals surface area (Å²) in [5.41, 5.74) is 2.54. The largest absolute Gasteiger partial charge is 0.493 e. The van der Waals surface area contributed by atoms with Gasteiger partial charge in [0.15, 0.2) is 6.04 Å². The second kappa shape index (κ2) is 8.47. The SMILES string of the molecule is O=C(CSCc1cccc(Cl)c1)NC(C(=O)O)c1ccc2c(c1)CCO2. The lowest BCUT2D eigenvalue weighted by Gasteiger charge is -2.15. The molecule has 0 fully saturated rings. The van der Waals surface area contributed by atoms with Crippen LogP contribution in [0.2, 0.25) is 5.02 Å². The van der Waals surface area contributed by atoms with Crippen LogP contribution in [-0.4, -0.2) is 29.3 Å². The van der Waals surface area contributed by atoms with Crippen LogP contribution < -0.4 is 10.1 Å². The zero-order valence-electron chi connectivity index (χ0n) is 13.9. The van der Waals surface area contributed by atoms with Gasteiger partial charge in [0.2, 0.25) is 5.91 Å². The van der Waals surface area contributed by atoms with E-state index in [1.807, 2.05) is 18.2 Å². The highest BCUT2D eigenvalue weighted by atomic mass is 35.5. The smallest absolute Gasteiger partial charge is 0.330 e. The molecule has 0 saturated carbocycles. The van der Waals surface area contributed by atoms with Gasteiger partial charge in [0.25, 0.3) is 0 Å². The van der Waals surface area contributed by atoms with Gasteiger partial charge in [-0.05, 0) is 41.0 Å². The fraction of sp³-hybridized carbons (Fsp3) is 0.263. The molecule has 0 bridgehead atoms. The van der Waals surface area contributed by atoms with Crippen LogP contribution in [-0.2, 0) is 21.8 Å². The summed E-state index contributed by atoms with van der Waals surface area (Å²) in [5.74, 6) is 0.172. The first-order valence-electron chi connectivity index (χ1n) is 8.13. The third kappa shape index (κ3) is 4.71. The molecule has 1 atom stereocenters. The van der Waals surface area contributed by atoms with E-state index >= 15 is 0 Å². The van der Waals surface area contributed by atoms with E-state index < -0.39 is 12.0 Å². The molecule has 5 nitrogen and oxygen atoms in total. The van der Waals surface area contributed by atoms with Crippen LogP contribution in [0.1, 0.15) is 22.7 Å². The zero-order chi connectivity index (χ0) is 18.5. The summed E-state index contributed by atoms with van der Waals surface area (Å²) in [4.78, 5) is 23.8. The summed E-state index contributed by atoms with van der Waals surface area (Å²) in [6, 6.07) is 11.6. The lowest BCUT2D eigenvalue weighted by Crippen LogP contribution is -2.34. The predicted octanol–water partition coefficient (Wildman–Crippen LogP) is 3.45. The third-order valence-electron chi connectivity index (χ3n) is 3.99. The molecule has 1 amide bonds. The molecule has 0 aliphatic carbocycles. The highest BCUT2D eigenvalue weighted by Gasteiger charge is 2.24.